The lowest BCUT2D eigenvalue weighted by molar-refractivity contribution is -0.0160. The third-order valence-electron chi connectivity index (χ3n) is 7.28. The highest BCUT2D eigenvalue weighted by Crippen LogP contribution is 2.21. The zero-order valence-corrected chi connectivity index (χ0v) is 22.8. The van der Waals surface area contributed by atoms with Crippen molar-refractivity contribution >= 4 is 29.5 Å². The standard InChI is InChI=1S/C26H33N13O/c1-18(19-11-32-38(15-19)21-4-6-28-7-5-21)10-30-26(27-2)37-8-9-40-22(16-37)17-39-25-24(34-35-39)29-13-23(33-25)20-12-31-36(3)14-20/h10-15,21-22,28H,2,4-9,16-17H2,1,3H3/b18-10+,30-26?/t22-/m0/s1. The first kappa shape index (κ1) is 26.0. The van der Waals surface area contributed by atoms with Crippen LogP contribution >= 0.6 is 0 Å². The molecule has 1 atom stereocenters. The minimum absolute atomic E-state index is 0.164. The second kappa shape index (κ2) is 11.4. The van der Waals surface area contributed by atoms with Crippen molar-refractivity contribution in [1.82, 2.24) is 54.7 Å². The van der Waals surface area contributed by atoms with E-state index in [-0.39, 0.29) is 6.10 Å². The van der Waals surface area contributed by atoms with Gasteiger partial charge in [-0.2, -0.15) is 10.2 Å². The molecule has 208 valence electrons. The third kappa shape index (κ3) is 5.53. The molecule has 0 saturated carbocycles. The highest BCUT2D eigenvalue weighted by atomic mass is 16.5. The van der Waals surface area contributed by atoms with Gasteiger partial charge in [0, 0.05) is 49.9 Å². The van der Waals surface area contributed by atoms with E-state index in [1.807, 2.05) is 32.6 Å². The Labute approximate surface area is 231 Å². The number of rotatable bonds is 6. The van der Waals surface area contributed by atoms with Crippen LogP contribution in [0.5, 0.6) is 0 Å². The normalized spacial score (nSPS) is 19.4. The van der Waals surface area contributed by atoms with Gasteiger partial charge in [0.15, 0.2) is 5.65 Å². The number of aryl methyl sites for hydroxylation is 1. The summed E-state index contributed by atoms with van der Waals surface area (Å²) in [5.74, 6) is 0.556. The fourth-order valence-electron chi connectivity index (χ4n) is 5.04. The van der Waals surface area contributed by atoms with Gasteiger partial charge in [0.2, 0.25) is 11.6 Å². The molecule has 2 aliphatic rings. The van der Waals surface area contributed by atoms with Crippen LogP contribution in [0.3, 0.4) is 0 Å². The maximum Gasteiger partial charge on any atom is 0.224 e. The van der Waals surface area contributed by atoms with Gasteiger partial charge >= 0.3 is 0 Å². The third-order valence-corrected chi connectivity index (χ3v) is 7.28. The number of piperidine rings is 1. The van der Waals surface area contributed by atoms with E-state index in [9.17, 15) is 0 Å². The Morgan fingerprint density at radius 1 is 1.20 bits per heavy atom. The SMILES string of the molecule is C=NC(=N/C=C(\C)c1cnn(C2CCNCC2)c1)N1CCO[C@H](Cn2nnc3ncc(-c4cnn(C)c4)nc32)C1. The Morgan fingerprint density at radius 3 is 2.88 bits per heavy atom. The number of hydrogen-bond acceptors (Lipinski definition) is 9. The summed E-state index contributed by atoms with van der Waals surface area (Å²) in [6.45, 7) is 10.1. The molecule has 14 heteroatoms. The van der Waals surface area contributed by atoms with Gasteiger partial charge in [-0.25, -0.2) is 24.6 Å². The molecule has 0 amide bonds. The quantitative estimate of drug-likeness (QED) is 0.283. The smallest absolute Gasteiger partial charge is 0.224 e. The van der Waals surface area contributed by atoms with Gasteiger partial charge in [0.1, 0.15) is 0 Å². The fourth-order valence-corrected chi connectivity index (χ4v) is 5.04. The van der Waals surface area contributed by atoms with Crippen LogP contribution in [0.25, 0.3) is 28.1 Å². The Hall–Kier alpha value is -4.30. The minimum Gasteiger partial charge on any atom is -0.373 e. The molecule has 0 aliphatic carbocycles. The minimum atomic E-state index is -0.164. The number of morpholine rings is 1. The number of hydrogen-bond donors (Lipinski definition) is 1. The van der Waals surface area contributed by atoms with Crippen LogP contribution in [0.2, 0.25) is 0 Å². The molecule has 40 heavy (non-hydrogen) atoms. The van der Waals surface area contributed by atoms with Gasteiger partial charge in [-0.15, -0.1) is 5.10 Å². The van der Waals surface area contributed by atoms with Gasteiger partial charge in [0.05, 0.1) is 49.6 Å². The van der Waals surface area contributed by atoms with E-state index >= 15 is 0 Å². The molecule has 0 bridgehead atoms. The zero-order chi connectivity index (χ0) is 27.5. The molecule has 1 N–H and O–H groups in total. The molecule has 0 radical (unpaired) electrons. The van der Waals surface area contributed by atoms with Gasteiger partial charge in [-0.05, 0) is 45.1 Å². The molecule has 4 aromatic rings. The summed E-state index contributed by atoms with van der Waals surface area (Å²) < 4.78 is 11.6. The van der Waals surface area contributed by atoms with E-state index < -0.39 is 0 Å². The highest BCUT2D eigenvalue weighted by molar-refractivity contribution is 5.85. The molecular formula is C26H33N13O. The van der Waals surface area contributed by atoms with E-state index in [1.54, 1.807) is 21.8 Å². The molecule has 6 rings (SSSR count). The second-order valence-electron chi connectivity index (χ2n) is 10.1. The predicted molar refractivity (Wildman–Crippen MR) is 151 cm³/mol. The largest absolute Gasteiger partial charge is 0.373 e. The maximum atomic E-state index is 6.06. The van der Waals surface area contributed by atoms with Gasteiger partial charge in [-0.1, -0.05) is 5.21 Å². The van der Waals surface area contributed by atoms with Crippen molar-refractivity contribution < 1.29 is 4.74 Å². The molecule has 2 saturated heterocycles. The van der Waals surface area contributed by atoms with E-state index in [1.165, 1.54) is 0 Å². The van der Waals surface area contributed by atoms with Gasteiger partial charge < -0.3 is 15.0 Å². The van der Waals surface area contributed by atoms with Crippen molar-refractivity contribution in [3.63, 3.8) is 0 Å². The summed E-state index contributed by atoms with van der Waals surface area (Å²) in [6, 6.07) is 0.442. The Kier molecular flexibility index (Phi) is 7.42. The molecule has 6 heterocycles. The molecule has 0 unspecified atom stereocenters. The lowest BCUT2D eigenvalue weighted by Gasteiger charge is -2.33. The Morgan fingerprint density at radius 2 is 2.08 bits per heavy atom. The van der Waals surface area contributed by atoms with Crippen LogP contribution in [-0.4, -0.2) is 101 Å². The molecule has 0 spiro atoms. The topological polar surface area (TPSA) is 141 Å². The number of nitrogens with one attached hydrogen (secondary N) is 1. The number of aliphatic imine (C=N–C) groups is 2. The molecule has 2 aliphatic heterocycles. The first-order valence-corrected chi connectivity index (χ1v) is 13.5. The summed E-state index contributed by atoms with van der Waals surface area (Å²) in [6.07, 6.45) is 13.2. The lowest BCUT2D eigenvalue weighted by Crippen LogP contribution is -2.46. The monoisotopic (exact) mass is 543 g/mol. The molecule has 4 aromatic heterocycles. The Balaban J connectivity index is 1.14. The first-order valence-electron chi connectivity index (χ1n) is 13.5. The van der Waals surface area contributed by atoms with Crippen molar-refractivity contribution in [2.75, 3.05) is 32.8 Å². The van der Waals surface area contributed by atoms with Gasteiger partial charge in [0.25, 0.3) is 0 Å². The lowest BCUT2D eigenvalue weighted by atomic mass is 10.1. The van der Waals surface area contributed by atoms with Crippen LogP contribution in [0.4, 0.5) is 0 Å². The second-order valence-corrected chi connectivity index (χ2v) is 10.1. The summed E-state index contributed by atoms with van der Waals surface area (Å²) in [4.78, 5) is 20.1. The zero-order valence-electron chi connectivity index (χ0n) is 22.8. The summed E-state index contributed by atoms with van der Waals surface area (Å²) in [7, 11) is 1.87. The molecule has 2 fully saturated rings. The van der Waals surface area contributed by atoms with Crippen molar-refractivity contribution in [2.45, 2.75) is 38.5 Å². The van der Waals surface area contributed by atoms with Crippen molar-refractivity contribution in [3.8, 4) is 11.3 Å². The maximum absolute atomic E-state index is 6.06. The number of ether oxygens (including phenoxy) is 1. The number of nitrogens with zero attached hydrogens (tertiary/aromatic N) is 12. The van der Waals surface area contributed by atoms with Crippen LogP contribution in [0, 0.1) is 0 Å². The van der Waals surface area contributed by atoms with Crippen molar-refractivity contribution in [3.05, 3.63) is 42.7 Å². The van der Waals surface area contributed by atoms with E-state index in [4.69, 9.17) is 9.72 Å². The number of aromatic nitrogens is 9. The Bertz CT molecular complexity index is 1540. The average molecular weight is 544 g/mol. The van der Waals surface area contributed by atoms with Crippen molar-refractivity contribution in [1.29, 1.82) is 0 Å². The van der Waals surface area contributed by atoms with Crippen LogP contribution in [0.15, 0.2) is 47.2 Å². The first-order chi connectivity index (χ1) is 19.6. The molecular weight excluding hydrogens is 510 g/mol. The van der Waals surface area contributed by atoms with Gasteiger partial charge in [-0.3, -0.25) is 9.36 Å². The van der Waals surface area contributed by atoms with Crippen LogP contribution < -0.4 is 5.32 Å². The van der Waals surface area contributed by atoms with E-state index in [0.29, 0.717) is 55.2 Å². The number of fused-ring (bicyclic) bond motifs is 1. The summed E-state index contributed by atoms with van der Waals surface area (Å²) >= 11 is 0. The number of allylic oxidation sites excluding steroid dienone is 1. The fraction of sp³-hybridized carbons (Fsp3) is 0.462. The van der Waals surface area contributed by atoms with Crippen molar-refractivity contribution in [2.24, 2.45) is 17.0 Å². The van der Waals surface area contributed by atoms with E-state index in [2.05, 4.69) is 63.3 Å². The van der Waals surface area contributed by atoms with Crippen LogP contribution in [-0.2, 0) is 18.3 Å². The van der Waals surface area contributed by atoms with Crippen LogP contribution in [0.1, 0.15) is 31.4 Å². The average Bonchev–Trinajstić information content (AvgIpc) is 3.74. The molecule has 14 nitrogen and oxygen atoms in total. The highest BCUT2D eigenvalue weighted by Gasteiger charge is 2.25. The summed E-state index contributed by atoms with van der Waals surface area (Å²) in [5, 5.41) is 20.7. The molecule has 0 aromatic carbocycles. The number of guanidine groups is 1. The van der Waals surface area contributed by atoms with E-state index in [0.717, 1.165) is 42.6 Å². The predicted octanol–water partition coefficient (Wildman–Crippen LogP) is 1.56. The summed E-state index contributed by atoms with van der Waals surface area (Å²) in [5.41, 5.74) is 4.74.